The summed E-state index contributed by atoms with van der Waals surface area (Å²) in [5, 5.41) is 0. The van der Waals surface area contributed by atoms with Crippen LogP contribution in [0.2, 0.25) is 0 Å². The minimum Gasteiger partial charge on any atom is -0.494 e. The van der Waals surface area contributed by atoms with Crippen molar-refractivity contribution >= 4 is 0 Å². The first-order valence-corrected chi connectivity index (χ1v) is 6.73. The highest BCUT2D eigenvalue weighted by Crippen LogP contribution is 2.17. The van der Waals surface area contributed by atoms with Gasteiger partial charge in [-0.05, 0) is 38.0 Å². The second kappa shape index (κ2) is 8.11. The summed E-state index contributed by atoms with van der Waals surface area (Å²) in [5.74, 6) is 0.907. The van der Waals surface area contributed by atoms with Crippen LogP contribution in [0.1, 0.15) is 45.2 Å². The average Bonchev–Trinajstić information content (AvgIpc) is 2.37. The molecule has 102 valence electrons. The van der Waals surface area contributed by atoms with Crippen LogP contribution in [0.3, 0.4) is 0 Å². The second-order valence-corrected chi connectivity index (χ2v) is 4.76. The van der Waals surface area contributed by atoms with Gasteiger partial charge in [-0.3, -0.25) is 0 Å². The van der Waals surface area contributed by atoms with Gasteiger partial charge < -0.3 is 15.2 Å². The molecule has 3 heteroatoms. The number of benzene rings is 1. The van der Waals surface area contributed by atoms with E-state index in [0.717, 1.165) is 30.8 Å². The lowest BCUT2D eigenvalue weighted by Gasteiger charge is -2.15. The number of hydrogen-bond donors (Lipinski definition) is 1. The van der Waals surface area contributed by atoms with E-state index in [1.54, 1.807) is 0 Å². The summed E-state index contributed by atoms with van der Waals surface area (Å²) in [7, 11) is 0. The maximum Gasteiger partial charge on any atom is 0.119 e. The van der Waals surface area contributed by atoms with Crippen molar-refractivity contribution in [2.45, 2.75) is 45.8 Å². The average molecular weight is 251 g/mol. The lowest BCUT2D eigenvalue weighted by molar-refractivity contribution is 0.0683. The van der Waals surface area contributed by atoms with Gasteiger partial charge >= 0.3 is 0 Å². The van der Waals surface area contributed by atoms with Gasteiger partial charge in [0.2, 0.25) is 0 Å². The van der Waals surface area contributed by atoms with Gasteiger partial charge in [0.25, 0.3) is 0 Å². The van der Waals surface area contributed by atoms with E-state index in [1.165, 1.54) is 0 Å². The smallest absolute Gasteiger partial charge is 0.119 e. The first-order chi connectivity index (χ1) is 8.63. The molecule has 1 atom stereocenters. The minimum atomic E-state index is -0.0721. The lowest BCUT2D eigenvalue weighted by atomic mass is 10.1. The SMILES string of the molecule is CCCCOc1ccc(C(N)COC(C)C)cc1. The molecule has 18 heavy (non-hydrogen) atoms. The largest absolute Gasteiger partial charge is 0.494 e. The maximum atomic E-state index is 6.05. The molecule has 0 heterocycles. The van der Waals surface area contributed by atoms with E-state index in [9.17, 15) is 0 Å². The summed E-state index contributed by atoms with van der Waals surface area (Å²) in [4.78, 5) is 0. The molecule has 0 aliphatic rings. The zero-order valence-corrected chi connectivity index (χ0v) is 11.7. The van der Waals surface area contributed by atoms with E-state index in [4.69, 9.17) is 15.2 Å². The van der Waals surface area contributed by atoms with Gasteiger partial charge in [0.1, 0.15) is 5.75 Å². The molecule has 1 aromatic carbocycles. The highest BCUT2D eigenvalue weighted by Gasteiger charge is 2.07. The summed E-state index contributed by atoms with van der Waals surface area (Å²) < 4.78 is 11.1. The van der Waals surface area contributed by atoms with E-state index in [1.807, 2.05) is 38.1 Å². The van der Waals surface area contributed by atoms with Crippen molar-refractivity contribution in [1.82, 2.24) is 0 Å². The third-order valence-electron chi connectivity index (χ3n) is 2.68. The molecule has 0 amide bonds. The molecule has 1 unspecified atom stereocenters. The first kappa shape index (κ1) is 15.0. The Bertz CT molecular complexity index is 322. The van der Waals surface area contributed by atoms with Crippen LogP contribution in [0.4, 0.5) is 0 Å². The first-order valence-electron chi connectivity index (χ1n) is 6.73. The van der Waals surface area contributed by atoms with Crippen LogP contribution in [0.15, 0.2) is 24.3 Å². The highest BCUT2D eigenvalue weighted by molar-refractivity contribution is 5.29. The molecule has 0 spiro atoms. The monoisotopic (exact) mass is 251 g/mol. The summed E-state index contributed by atoms with van der Waals surface area (Å²) in [5.41, 5.74) is 7.13. The minimum absolute atomic E-state index is 0.0721. The molecule has 0 aliphatic heterocycles. The summed E-state index contributed by atoms with van der Waals surface area (Å²) in [6.07, 6.45) is 2.45. The number of nitrogens with two attached hydrogens (primary N) is 1. The summed E-state index contributed by atoms with van der Waals surface area (Å²) in [6.45, 7) is 7.50. The molecule has 0 fully saturated rings. The topological polar surface area (TPSA) is 44.5 Å². The molecule has 0 radical (unpaired) electrons. The van der Waals surface area contributed by atoms with Gasteiger partial charge in [0, 0.05) is 0 Å². The molecule has 3 nitrogen and oxygen atoms in total. The van der Waals surface area contributed by atoms with Crippen LogP contribution < -0.4 is 10.5 Å². The van der Waals surface area contributed by atoms with E-state index >= 15 is 0 Å². The van der Waals surface area contributed by atoms with Crippen molar-refractivity contribution in [2.24, 2.45) is 5.73 Å². The van der Waals surface area contributed by atoms with Crippen molar-refractivity contribution < 1.29 is 9.47 Å². The normalized spacial score (nSPS) is 12.7. The molecule has 0 saturated carbocycles. The second-order valence-electron chi connectivity index (χ2n) is 4.76. The quantitative estimate of drug-likeness (QED) is 0.721. The zero-order chi connectivity index (χ0) is 13.4. The molecule has 0 aromatic heterocycles. The Balaban J connectivity index is 2.43. The summed E-state index contributed by atoms with van der Waals surface area (Å²) >= 11 is 0. The van der Waals surface area contributed by atoms with Gasteiger partial charge in [-0.2, -0.15) is 0 Å². The van der Waals surface area contributed by atoms with E-state index in [2.05, 4.69) is 6.92 Å². The van der Waals surface area contributed by atoms with Gasteiger partial charge in [0.05, 0.1) is 25.4 Å². The van der Waals surface area contributed by atoms with Crippen molar-refractivity contribution in [3.05, 3.63) is 29.8 Å². The fourth-order valence-corrected chi connectivity index (χ4v) is 1.54. The fourth-order valence-electron chi connectivity index (χ4n) is 1.54. The molecular formula is C15H25NO2. The highest BCUT2D eigenvalue weighted by atomic mass is 16.5. The molecule has 0 bridgehead atoms. The van der Waals surface area contributed by atoms with Crippen molar-refractivity contribution in [3.8, 4) is 5.75 Å². The maximum absolute atomic E-state index is 6.05. The van der Waals surface area contributed by atoms with Gasteiger partial charge in [-0.1, -0.05) is 25.5 Å². The third-order valence-corrected chi connectivity index (χ3v) is 2.68. The molecule has 1 rings (SSSR count). The molecule has 0 aliphatic carbocycles. The number of rotatable bonds is 8. The Labute approximate surface area is 110 Å². The predicted octanol–water partition coefficient (Wildman–Crippen LogP) is 3.29. The van der Waals surface area contributed by atoms with Crippen LogP contribution in [0.5, 0.6) is 5.75 Å². The number of unbranched alkanes of at least 4 members (excludes halogenated alkanes) is 1. The van der Waals surface area contributed by atoms with Crippen molar-refractivity contribution in [3.63, 3.8) is 0 Å². The Hall–Kier alpha value is -1.06. The van der Waals surface area contributed by atoms with Gasteiger partial charge in [-0.25, -0.2) is 0 Å². The van der Waals surface area contributed by atoms with Crippen LogP contribution >= 0.6 is 0 Å². The van der Waals surface area contributed by atoms with Crippen LogP contribution in [0.25, 0.3) is 0 Å². The van der Waals surface area contributed by atoms with E-state index < -0.39 is 0 Å². The Morgan fingerprint density at radius 2 is 1.83 bits per heavy atom. The van der Waals surface area contributed by atoms with Gasteiger partial charge in [-0.15, -0.1) is 0 Å². The predicted molar refractivity (Wildman–Crippen MR) is 74.9 cm³/mol. The lowest BCUT2D eigenvalue weighted by Crippen LogP contribution is -2.19. The zero-order valence-electron chi connectivity index (χ0n) is 11.7. The van der Waals surface area contributed by atoms with E-state index in [0.29, 0.717) is 6.61 Å². The van der Waals surface area contributed by atoms with E-state index in [-0.39, 0.29) is 12.1 Å². The van der Waals surface area contributed by atoms with Gasteiger partial charge in [0.15, 0.2) is 0 Å². The number of hydrogen-bond acceptors (Lipinski definition) is 3. The van der Waals surface area contributed by atoms with Crippen molar-refractivity contribution in [1.29, 1.82) is 0 Å². The fraction of sp³-hybridized carbons (Fsp3) is 0.600. The third kappa shape index (κ3) is 5.52. The Morgan fingerprint density at radius 3 is 2.39 bits per heavy atom. The van der Waals surface area contributed by atoms with Crippen LogP contribution in [-0.4, -0.2) is 19.3 Å². The molecule has 0 saturated heterocycles. The van der Waals surface area contributed by atoms with Crippen LogP contribution in [0, 0.1) is 0 Å². The Morgan fingerprint density at radius 1 is 1.17 bits per heavy atom. The van der Waals surface area contributed by atoms with Crippen LogP contribution in [-0.2, 0) is 4.74 Å². The number of ether oxygens (including phenoxy) is 2. The molecular weight excluding hydrogens is 226 g/mol. The Kier molecular flexibility index (Phi) is 6.76. The standard InChI is InChI=1S/C15H25NO2/c1-4-5-10-17-14-8-6-13(7-9-14)15(16)11-18-12(2)3/h6-9,12,15H,4-5,10-11,16H2,1-3H3. The summed E-state index contributed by atoms with van der Waals surface area (Å²) in [6, 6.07) is 7.89. The molecule has 1 aromatic rings. The molecule has 2 N–H and O–H groups in total. The van der Waals surface area contributed by atoms with Crippen molar-refractivity contribution in [2.75, 3.05) is 13.2 Å².